The molecule has 98 valence electrons. The maximum absolute atomic E-state index is 11.9. The van der Waals surface area contributed by atoms with Gasteiger partial charge in [-0.2, -0.15) is 0 Å². The molecule has 4 heteroatoms. The Hall–Kier alpha value is -0.870. The summed E-state index contributed by atoms with van der Waals surface area (Å²) >= 11 is 0. The van der Waals surface area contributed by atoms with Crippen LogP contribution in [-0.4, -0.2) is 33.0 Å². The number of hydrogen-bond donors (Lipinski definition) is 1. The zero-order valence-corrected chi connectivity index (χ0v) is 11.2. The Morgan fingerprint density at radius 1 is 1.17 bits per heavy atom. The fraction of sp³-hybridized carbons (Fsp3) is 0.571. The molecule has 1 spiro atoms. The molecule has 1 N–H and O–H groups in total. The van der Waals surface area contributed by atoms with Gasteiger partial charge in [-0.3, -0.25) is 0 Å². The molecule has 18 heavy (non-hydrogen) atoms. The first-order chi connectivity index (χ1) is 8.61. The lowest BCUT2D eigenvalue weighted by atomic mass is 9.68. The SMILES string of the molecule is O=S1(=O)CCC2(CCNCC2c2ccccc2)C1. The van der Waals surface area contributed by atoms with E-state index >= 15 is 0 Å². The van der Waals surface area contributed by atoms with Crippen molar-refractivity contribution in [2.24, 2.45) is 5.41 Å². The van der Waals surface area contributed by atoms with Gasteiger partial charge in [0.2, 0.25) is 0 Å². The van der Waals surface area contributed by atoms with Gasteiger partial charge in [0.25, 0.3) is 0 Å². The van der Waals surface area contributed by atoms with Gasteiger partial charge in [-0.15, -0.1) is 0 Å². The quantitative estimate of drug-likeness (QED) is 0.838. The van der Waals surface area contributed by atoms with Crippen LogP contribution in [0.3, 0.4) is 0 Å². The molecule has 0 radical (unpaired) electrons. The maximum atomic E-state index is 11.9. The fourth-order valence-electron chi connectivity index (χ4n) is 3.54. The number of hydrogen-bond acceptors (Lipinski definition) is 3. The molecule has 2 aliphatic rings. The van der Waals surface area contributed by atoms with E-state index in [4.69, 9.17) is 0 Å². The number of piperidine rings is 1. The van der Waals surface area contributed by atoms with Crippen LogP contribution in [0, 0.1) is 5.41 Å². The summed E-state index contributed by atoms with van der Waals surface area (Å²) in [6, 6.07) is 10.4. The summed E-state index contributed by atoms with van der Waals surface area (Å²) in [5.74, 6) is 1.09. The molecule has 0 aliphatic carbocycles. The maximum Gasteiger partial charge on any atom is 0.150 e. The van der Waals surface area contributed by atoms with Crippen molar-refractivity contribution < 1.29 is 8.42 Å². The first-order valence-corrected chi connectivity index (χ1v) is 8.40. The predicted molar refractivity (Wildman–Crippen MR) is 72.4 cm³/mol. The normalized spacial score (nSPS) is 34.8. The smallest absolute Gasteiger partial charge is 0.150 e. The molecular weight excluding hydrogens is 246 g/mol. The lowest BCUT2D eigenvalue weighted by Crippen LogP contribution is -2.44. The minimum absolute atomic E-state index is 0.0224. The van der Waals surface area contributed by atoms with E-state index in [1.54, 1.807) is 0 Å². The first-order valence-electron chi connectivity index (χ1n) is 6.57. The van der Waals surface area contributed by atoms with Gasteiger partial charge in [0.05, 0.1) is 11.5 Å². The van der Waals surface area contributed by atoms with Gasteiger partial charge in [0.1, 0.15) is 0 Å². The van der Waals surface area contributed by atoms with Crippen LogP contribution in [0.25, 0.3) is 0 Å². The molecule has 2 aliphatic heterocycles. The van der Waals surface area contributed by atoms with Crippen LogP contribution in [-0.2, 0) is 9.84 Å². The average Bonchev–Trinajstić information content (AvgIpc) is 2.67. The van der Waals surface area contributed by atoms with Crippen LogP contribution < -0.4 is 5.32 Å². The van der Waals surface area contributed by atoms with Crippen molar-refractivity contribution in [3.63, 3.8) is 0 Å². The van der Waals surface area contributed by atoms with E-state index in [0.29, 0.717) is 17.4 Å². The third-order valence-electron chi connectivity index (χ3n) is 4.51. The summed E-state index contributed by atoms with van der Waals surface area (Å²) in [5, 5.41) is 3.42. The molecule has 2 atom stereocenters. The van der Waals surface area contributed by atoms with Crippen LogP contribution in [0.2, 0.25) is 0 Å². The van der Waals surface area contributed by atoms with Crippen molar-refractivity contribution in [1.82, 2.24) is 5.32 Å². The Morgan fingerprint density at radius 3 is 2.61 bits per heavy atom. The highest BCUT2D eigenvalue weighted by atomic mass is 32.2. The molecule has 2 unspecified atom stereocenters. The van der Waals surface area contributed by atoms with Crippen LogP contribution >= 0.6 is 0 Å². The number of sulfone groups is 1. The zero-order valence-electron chi connectivity index (χ0n) is 10.4. The highest BCUT2D eigenvalue weighted by Gasteiger charge is 2.48. The van der Waals surface area contributed by atoms with Crippen LogP contribution in [0.15, 0.2) is 30.3 Å². The lowest BCUT2D eigenvalue weighted by Gasteiger charge is -2.41. The van der Waals surface area contributed by atoms with E-state index in [1.165, 1.54) is 5.56 Å². The van der Waals surface area contributed by atoms with Gasteiger partial charge in [-0.1, -0.05) is 30.3 Å². The van der Waals surface area contributed by atoms with Crippen LogP contribution in [0.4, 0.5) is 0 Å². The van der Waals surface area contributed by atoms with E-state index in [2.05, 4.69) is 17.4 Å². The van der Waals surface area contributed by atoms with Crippen molar-refractivity contribution in [3.05, 3.63) is 35.9 Å². The van der Waals surface area contributed by atoms with E-state index in [1.807, 2.05) is 18.2 Å². The largest absolute Gasteiger partial charge is 0.316 e. The Morgan fingerprint density at radius 2 is 1.94 bits per heavy atom. The Labute approximate surface area is 109 Å². The molecule has 3 nitrogen and oxygen atoms in total. The minimum Gasteiger partial charge on any atom is -0.316 e. The molecule has 1 aromatic carbocycles. The molecule has 2 saturated heterocycles. The second kappa shape index (κ2) is 4.35. The average molecular weight is 265 g/mol. The van der Waals surface area contributed by atoms with E-state index in [0.717, 1.165) is 25.9 Å². The molecule has 0 amide bonds. The van der Waals surface area contributed by atoms with Gasteiger partial charge < -0.3 is 5.32 Å². The molecular formula is C14H19NO2S. The van der Waals surface area contributed by atoms with Crippen molar-refractivity contribution in [1.29, 1.82) is 0 Å². The number of benzene rings is 1. The Kier molecular flexibility index (Phi) is 2.94. The summed E-state index contributed by atoms with van der Waals surface area (Å²) in [6.45, 7) is 1.85. The van der Waals surface area contributed by atoms with Crippen molar-refractivity contribution in [2.45, 2.75) is 18.8 Å². The molecule has 2 heterocycles. The lowest BCUT2D eigenvalue weighted by molar-refractivity contribution is 0.196. The van der Waals surface area contributed by atoms with Crippen molar-refractivity contribution in [2.75, 3.05) is 24.6 Å². The standard InChI is InChI=1S/C14H19NO2S/c16-18(17)9-7-14(11-18)6-8-15-10-13(14)12-4-2-1-3-5-12/h1-5,13,15H,6-11H2. The predicted octanol–water partition coefficient (Wildman–Crippen LogP) is 1.57. The summed E-state index contributed by atoms with van der Waals surface area (Å²) in [6.07, 6.45) is 1.81. The van der Waals surface area contributed by atoms with Crippen LogP contribution in [0.5, 0.6) is 0 Å². The van der Waals surface area contributed by atoms with Crippen molar-refractivity contribution >= 4 is 9.84 Å². The summed E-state index contributed by atoms with van der Waals surface area (Å²) in [4.78, 5) is 0. The van der Waals surface area contributed by atoms with Crippen LogP contribution in [0.1, 0.15) is 24.3 Å². The molecule has 0 aromatic heterocycles. The highest BCUT2D eigenvalue weighted by molar-refractivity contribution is 7.91. The number of nitrogens with one attached hydrogen (secondary N) is 1. The summed E-state index contributed by atoms with van der Waals surface area (Å²) in [5.41, 5.74) is 1.26. The molecule has 3 rings (SSSR count). The van der Waals surface area contributed by atoms with Gasteiger partial charge in [-0.05, 0) is 30.4 Å². The second-order valence-electron chi connectivity index (χ2n) is 5.62. The van der Waals surface area contributed by atoms with E-state index < -0.39 is 9.84 Å². The highest BCUT2D eigenvalue weighted by Crippen LogP contribution is 2.48. The van der Waals surface area contributed by atoms with Gasteiger partial charge in [-0.25, -0.2) is 8.42 Å². The van der Waals surface area contributed by atoms with Gasteiger partial charge in [0, 0.05) is 12.5 Å². The Bertz CT molecular complexity index is 526. The molecule has 0 saturated carbocycles. The summed E-state index contributed by atoms with van der Waals surface area (Å²) in [7, 11) is -2.82. The molecule has 0 bridgehead atoms. The number of rotatable bonds is 1. The molecule has 2 fully saturated rings. The van der Waals surface area contributed by atoms with Gasteiger partial charge in [0.15, 0.2) is 9.84 Å². The topological polar surface area (TPSA) is 46.2 Å². The third kappa shape index (κ3) is 2.08. The van der Waals surface area contributed by atoms with Gasteiger partial charge >= 0.3 is 0 Å². The summed E-state index contributed by atoms with van der Waals surface area (Å²) < 4.78 is 23.7. The molecule has 1 aromatic rings. The minimum atomic E-state index is -2.82. The second-order valence-corrected chi connectivity index (χ2v) is 7.81. The van der Waals surface area contributed by atoms with E-state index in [9.17, 15) is 8.42 Å². The Balaban J connectivity index is 1.97. The zero-order chi connectivity index (χ0) is 12.6. The monoisotopic (exact) mass is 265 g/mol. The van der Waals surface area contributed by atoms with E-state index in [-0.39, 0.29) is 5.41 Å². The van der Waals surface area contributed by atoms with Crippen molar-refractivity contribution in [3.8, 4) is 0 Å². The third-order valence-corrected chi connectivity index (χ3v) is 6.35. The first kappa shape index (κ1) is 12.2. The fourth-order valence-corrected chi connectivity index (χ4v) is 5.77.